The Hall–Kier alpha value is -3.93. The molecule has 4 aromatic rings. The largest absolute Gasteiger partial charge is 0.457 e. The Kier molecular flexibility index (Phi) is 4.84. The normalized spacial score (nSPS) is 10.5. The molecule has 3 aromatic carbocycles. The number of carbonyl (C=O) groups excluding carboxylic acids is 1. The van der Waals surface area contributed by atoms with Crippen LogP contribution in [0.3, 0.4) is 0 Å². The summed E-state index contributed by atoms with van der Waals surface area (Å²) in [4.78, 5) is 15.5. The molecule has 0 atom stereocenters. The predicted octanol–water partition coefficient (Wildman–Crippen LogP) is 5.15. The molecule has 6 heteroatoms. The highest BCUT2D eigenvalue weighted by atomic mass is 16.5. The second-order valence-corrected chi connectivity index (χ2v) is 6.12. The van der Waals surface area contributed by atoms with Crippen molar-refractivity contribution < 1.29 is 14.1 Å². The first kappa shape index (κ1) is 17.5. The molecule has 28 heavy (non-hydrogen) atoms. The lowest BCUT2D eigenvalue weighted by atomic mass is 10.2. The van der Waals surface area contributed by atoms with Crippen LogP contribution in [0.4, 0.5) is 5.69 Å². The molecule has 6 nitrogen and oxygen atoms in total. The molecule has 1 N–H and O–H groups in total. The number of aromatic nitrogens is 2. The lowest BCUT2D eigenvalue weighted by Crippen LogP contribution is -2.05. The maximum absolute atomic E-state index is 11.1. The van der Waals surface area contributed by atoms with Crippen molar-refractivity contribution >= 4 is 11.6 Å². The minimum Gasteiger partial charge on any atom is -0.457 e. The van der Waals surface area contributed by atoms with Gasteiger partial charge in [0, 0.05) is 23.7 Å². The fourth-order valence-electron chi connectivity index (χ4n) is 2.66. The first-order valence-electron chi connectivity index (χ1n) is 8.72. The summed E-state index contributed by atoms with van der Waals surface area (Å²) < 4.78 is 11.2. The van der Waals surface area contributed by atoms with Crippen molar-refractivity contribution in [3.05, 3.63) is 78.9 Å². The van der Waals surface area contributed by atoms with Gasteiger partial charge in [0.25, 0.3) is 5.89 Å². The molecule has 1 aromatic heterocycles. The molecule has 0 saturated carbocycles. The van der Waals surface area contributed by atoms with Crippen LogP contribution in [0.5, 0.6) is 11.5 Å². The molecule has 0 fully saturated rings. The molecular weight excluding hydrogens is 354 g/mol. The Labute approximate surface area is 161 Å². The van der Waals surface area contributed by atoms with E-state index in [0.717, 1.165) is 16.8 Å². The molecular formula is C22H17N3O3. The van der Waals surface area contributed by atoms with Crippen LogP contribution in [-0.4, -0.2) is 16.0 Å². The monoisotopic (exact) mass is 371 g/mol. The Morgan fingerprint density at radius 3 is 2.14 bits per heavy atom. The number of nitrogens with zero attached hydrogens (tertiary/aromatic N) is 2. The highest BCUT2D eigenvalue weighted by molar-refractivity contribution is 5.88. The lowest BCUT2D eigenvalue weighted by Gasteiger charge is -2.07. The van der Waals surface area contributed by atoms with Gasteiger partial charge in [-0.05, 0) is 60.7 Å². The smallest absolute Gasteiger partial charge is 0.258 e. The number of anilines is 1. The number of benzene rings is 3. The van der Waals surface area contributed by atoms with Gasteiger partial charge >= 0.3 is 0 Å². The number of hydrogen-bond acceptors (Lipinski definition) is 5. The fourth-order valence-corrected chi connectivity index (χ4v) is 2.66. The number of ether oxygens (including phenoxy) is 1. The van der Waals surface area contributed by atoms with E-state index in [4.69, 9.17) is 9.26 Å². The van der Waals surface area contributed by atoms with E-state index in [2.05, 4.69) is 15.5 Å². The van der Waals surface area contributed by atoms with Crippen molar-refractivity contribution in [1.82, 2.24) is 10.1 Å². The van der Waals surface area contributed by atoms with Crippen LogP contribution in [0, 0.1) is 0 Å². The molecule has 0 saturated heterocycles. The molecule has 4 rings (SSSR count). The van der Waals surface area contributed by atoms with Crippen LogP contribution in [0.25, 0.3) is 22.8 Å². The van der Waals surface area contributed by atoms with Gasteiger partial charge in [0.1, 0.15) is 11.5 Å². The summed E-state index contributed by atoms with van der Waals surface area (Å²) in [5, 5.41) is 6.77. The minimum atomic E-state index is -0.110. The summed E-state index contributed by atoms with van der Waals surface area (Å²) in [5.74, 6) is 2.25. The third kappa shape index (κ3) is 4.07. The van der Waals surface area contributed by atoms with Crippen molar-refractivity contribution in [2.24, 2.45) is 0 Å². The van der Waals surface area contributed by atoms with E-state index in [9.17, 15) is 4.79 Å². The standard InChI is InChI=1S/C22H17N3O3/c1-15(26)23-18-9-13-20(14-10-18)27-19-11-7-16(8-12-19)21-24-22(28-25-21)17-5-3-2-4-6-17/h2-14H,1H3,(H,23,26). The molecule has 0 aliphatic carbocycles. The van der Waals surface area contributed by atoms with E-state index in [1.807, 2.05) is 54.6 Å². The van der Waals surface area contributed by atoms with Crippen LogP contribution in [0.1, 0.15) is 6.92 Å². The Morgan fingerprint density at radius 1 is 0.857 bits per heavy atom. The van der Waals surface area contributed by atoms with Gasteiger partial charge in [-0.2, -0.15) is 4.98 Å². The van der Waals surface area contributed by atoms with Crippen LogP contribution < -0.4 is 10.1 Å². The molecule has 1 amide bonds. The summed E-state index contributed by atoms with van der Waals surface area (Å²) in [6.07, 6.45) is 0. The molecule has 1 heterocycles. The zero-order valence-corrected chi connectivity index (χ0v) is 15.1. The van der Waals surface area contributed by atoms with Crippen LogP contribution in [0.15, 0.2) is 83.4 Å². The van der Waals surface area contributed by atoms with E-state index >= 15 is 0 Å². The highest BCUT2D eigenvalue weighted by Gasteiger charge is 2.10. The second-order valence-electron chi connectivity index (χ2n) is 6.12. The van der Waals surface area contributed by atoms with Gasteiger partial charge in [-0.3, -0.25) is 4.79 Å². The van der Waals surface area contributed by atoms with Gasteiger partial charge in [0.05, 0.1) is 0 Å². The average molecular weight is 371 g/mol. The molecule has 0 radical (unpaired) electrons. The molecule has 0 spiro atoms. The number of amides is 1. The summed E-state index contributed by atoms with van der Waals surface area (Å²) >= 11 is 0. The van der Waals surface area contributed by atoms with Crippen molar-refractivity contribution in [3.63, 3.8) is 0 Å². The highest BCUT2D eigenvalue weighted by Crippen LogP contribution is 2.27. The van der Waals surface area contributed by atoms with Crippen molar-refractivity contribution in [2.45, 2.75) is 6.92 Å². The van der Waals surface area contributed by atoms with Crippen molar-refractivity contribution in [2.75, 3.05) is 5.32 Å². The number of rotatable bonds is 5. The van der Waals surface area contributed by atoms with Crippen LogP contribution in [-0.2, 0) is 4.79 Å². The third-order valence-electron chi connectivity index (χ3n) is 3.97. The van der Waals surface area contributed by atoms with E-state index in [-0.39, 0.29) is 5.91 Å². The lowest BCUT2D eigenvalue weighted by molar-refractivity contribution is -0.114. The van der Waals surface area contributed by atoms with E-state index < -0.39 is 0 Å². The van der Waals surface area contributed by atoms with Crippen LogP contribution >= 0.6 is 0 Å². The number of nitrogens with one attached hydrogen (secondary N) is 1. The second kappa shape index (κ2) is 7.75. The number of hydrogen-bond donors (Lipinski definition) is 1. The van der Waals surface area contributed by atoms with Gasteiger partial charge < -0.3 is 14.6 Å². The Bertz CT molecular complexity index is 1070. The van der Waals surface area contributed by atoms with E-state index in [1.165, 1.54) is 6.92 Å². The quantitative estimate of drug-likeness (QED) is 0.525. The average Bonchev–Trinajstić information content (AvgIpc) is 3.21. The SMILES string of the molecule is CC(=O)Nc1ccc(Oc2ccc(-c3noc(-c4ccccc4)n3)cc2)cc1. The van der Waals surface area contributed by atoms with Gasteiger partial charge in [-0.25, -0.2) is 0 Å². The summed E-state index contributed by atoms with van der Waals surface area (Å²) in [7, 11) is 0. The van der Waals surface area contributed by atoms with E-state index in [0.29, 0.717) is 23.2 Å². The zero-order chi connectivity index (χ0) is 19.3. The zero-order valence-electron chi connectivity index (χ0n) is 15.1. The molecule has 138 valence electrons. The fraction of sp³-hybridized carbons (Fsp3) is 0.0455. The maximum Gasteiger partial charge on any atom is 0.258 e. The summed E-state index contributed by atoms with van der Waals surface area (Å²) in [6.45, 7) is 1.47. The molecule has 0 aliphatic rings. The van der Waals surface area contributed by atoms with Crippen molar-refractivity contribution in [1.29, 1.82) is 0 Å². The topological polar surface area (TPSA) is 77.2 Å². The first-order chi connectivity index (χ1) is 13.7. The van der Waals surface area contributed by atoms with E-state index in [1.54, 1.807) is 24.3 Å². The molecule has 0 unspecified atom stereocenters. The molecule has 0 bridgehead atoms. The van der Waals surface area contributed by atoms with Crippen molar-refractivity contribution in [3.8, 4) is 34.3 Å². The first-order valence-corrected chi connectivity index (χ1v) is 8.72. The Morgan fingerprint density at radius 2 is 1.50 bits per heavy atom. The summed E-state index contributed by atoms with van der Waals surface area (Å²) in [6, 6.07) is 24.2. The van der Waals surface area contributed by atoms with Crippen LogP contribution in [0.2, 0.25) is 0 Å². The number of carbonyl (C=O) groups is 1. The summed E-state index contributed by atoms with van der Waals surface area (Å²) in [5.41, 5.74) is 2.43. The Balaban J connectivity index is 1.45. The maximum atomic E-state index is 11.1. The van der Waals surface area contributed by atoms with Gasteiger partial charge in [-0.15, -0.1) is 0 Å². The predicted molar refractivity (Wildman–Crippen MR) is 106 cm³/mol. The van der Waals surface area contributed by atoms with Gasteiger partial charge in [0.15, 0.2) is 0 Å². The van der Waals surface area contributed by atoms with Gasteiger partial charge in [0.2, 0.25) is 11.7 Å². The third-order valence-corrected chi connectivity index (χ3v) is 3.97. The van der Waals surface area contributed by atoms with Gasteiger partial charge in [-0.1, -0.05) is 23.4 Å². The molecule has 0 aliphatic heterocycles. The minimum absolute atomic E-state index is 0.110.